The molecule has 0 saturated carbocycles. The first kappa shape index (κ1) is 24.0. The molecule has 0 spiro atoms. The highest BCUT2D eigenvalue weighted by molar-refractivity contribution is 7.92. The number of benzene rings is 3. The number of carbonyl (C=O) groups excluding carboxylic acids is 1. The Morgan fingerprint density at radius 3 is 2.36 bits per heavy atom. The van der Waals surface area contributed by atoms with Crippen molar-refractivity contribution < 1.29 is 17.9 Å². The third-order valence-electron chi connectivity index (χ3n) is 4.58. The van der Waals surface area contributed by atoms with Crippen LogP contribution in [0.5, 0.6) is 5.75 Å². The average molecular weight is 485 g/mol. The summed E-state index contributed by atoms with van der Waals surface area (Å²) in [6, 6.07) is 22.1. The number of anilines is 1. The van der Waals surface area contributed by atoms with E-state index in [0.717, 1.165) is 12.0 Å². The Balaban J connectivity index is 1.54. The number of hydrazine groups is 1. The molecule has 0 atom stereocenters. The van der Waals surface area contributed by atoms with Crippen molar-refractivity contribution in [3.63, 3.8) is 0 Å². The highest BCUT2D eigenvalue weighted by Crippen LogP contribution is 2.20. The summed E-state index contributed by atoms with van der Waals surface area (Å²) >= 11 is 5.16. The number of amides is 1. The summed E-state index contributed by atoms with van der Waals surface area (Å²) in [4.78, 5) is 12.4. The summed E-state index contributed by atoms with van der Waals surface area (Å²) in [5, 5.41) is 3.25. The molecule has 0 heterocycles. The van der Waals surface area contributed by atoms with Crippen LogP contribution in [-0.4, -0.2) is 33.1 Å². The molecule has 0 radical (unpaired) electrons. The first-order valence-corrected chi connectivity index (χ1v) is 11.9. The van der Waals surface area contributed by atoms with Gasteiger partial charge in [-0.3, -0.25) is 20.4 Å². The van der Waals surface area contributed by atoms with Crippen LogP contribution in [0.1, 0.15) is 15.9 Å². The predicted octanol–water partition coefficient (Wildman–Crippen LogP) is 2.85. The zero-order chi connectivity index (χ0) is 23.7. The fourth-order valence-corrected chi connectivity index (χ4v) is 4.13. The summed E-state index contributed by atoms with van der Waals surface area (Å²) in [5.41, 5.74) is 6.79. The molecule has 0 aromatic heterocycles. The summed E-state index contributed by atoms with van der Waals surface area (Å²) < 4.78 is 33.0. The molecule has 3 aromatic carbocycles. The van der Waals surface area contributed by atoms with Gasteiger partial charge in [0.1, 0.15) is 5.75 Å². The van der Waals surface area contributed by atoms with E-state index in [0.29, 0.717) is 18.0 Å². The molecule has 1 amide bonds. The highest BCUT2D eigenvalue weighted by atomic mass is 32.2. The van der Waals surface area contributed by atoms with Crippen LogP contribution in [0.3, 0.4) is 0 Å². The van der Waals surface area contributed by atoms with Crippen LogP contribution in [-0.2, 0) is 16.4 Å². The fourth-order valence-electron chi connectivity index (χ4n) is 2.87. The maximum Gasteiger partial charge on any atom is 0.269 e. The molecule has 172 valence electrons. The van der Waals surface area contributed by atoms with Gasteiger partial charge in [-0.2, -0.15) is 0 Å². The minimum Gasteiger partial charge on any atom is -0.497 e. The second kappa shape index (κ2) is 11.3. The number of nitrogens with one attached hydrogen (secondary N) is 4. The Morgan fingerprint density at radius 2 is 1.67 bits per heavy atom. The molecule has 4 N–H and O–H groups in total. The number of thiocarbonyl (C=S) groups is 1. The van der Waals surface area contributed by atoms with Crippen LogP contribution in [0.25, 0.3) is 0 Å². The maximum atomic E-state index is 12.7. The van der Waals surface area contributed by atoms with Gasteiger partial charge in [0.05, 0.1) is 12.0 Å². The minimum atomic E-state index is -3.89. The molecule has 0 unspecified atom stereocenters. The Kier molecular flexibility index (Phi) is 8.22. The number of hydrogen-bond acceptors (Lipinski definition) is 5. The summed E-state index contributed by atoms with van der Waals surface area (Å²) in [7, 11) is -2.36. The molecule has 33 heavy (non-hydrogen) atoms. The van der Waals surface area contributed by atoms with E-state index in [1.807, 2.05) is 30.3 Å². The van der Waals surface area contributed by atoms with Crippen molar-refractivity contribution in [2.45, 2.75) is 11.3 Å². The third kappa shape index (κ3) is 7.19. The molecule has 0 bridgehead atoms. The van der Waals surface area contributed by atoms with E-state index in [1.165, 1.54) is 31.4 Å². The second-order valence-electron chi connectivity index (χ2n) is 6.93. The molecule has 0 fully saturated rings. The highest BCUT2D eigenvalue weighted by Gasteiger charge is 2.17. The van der Waals surface area contributed by atoms with Gasteiger partial charge >= 0.3 is 0 Å². The average Bonchev–Trinajstić information content (AvgIpc) is 2.83. The number of hydrogen-bond donors (Lipinski definition) is 4. The first-order valence-electron chi connectivity index (χ1n) is 10.0. The van der Waals surface area contributed by atoms with Crippen LogP contribution in [0, 0.1) is 0 Å². The molecule has 0 aliphatic carbocycles. The molecule has 0 saturated heterocycles. The van der Waals surface area contributed by atoms with Crippen LogP contribution in [0.15, 0.2) is 83.8 Å². The quantitative estimate of drug-likeness (QED) is 0.288. The van der Waals surface area contributed by atoms with Crippen molar-refractivity contribution in [3.05, 3.63) is 90.0 Å². The van der Waals surface area contributed by atoms with Gasteiger partial charge in [-0.25, -0.2) is 8.42 Å². The Bertz CT molecular complexity index is 1200. The molecule has 10 heteroatoms. The van der Waals surface area contributed by atoms with Crippen molar-refractivity contribution in [3.8, 4) is 5.75 Å². The molecule has 3 rings (SSSR count). The number of sulfonamides is 1. The van der Waals surface area contributed by atoms with Crippen LogP contribution < -0.4 is 25.6 Å². The molecular formula is C23H24N4O4S2. The molecule has 8 nitrogen and oxygen atoms in total. The Labute approximate surface area is 198 Å². The largest absolute Gasteiger partial charge is 0.497 e. The van der Waals surface area contributed by atoms with Crippen LogP contribution >= 0.6 is 12.2 Å². The molecule has 0 aliphatic rings. The predicted molar refractivity (Wildman–Crippen MR) is 132 cm³/mol. The van der Waals surface area contributed by atoms with Gasteiger partial charge in [0, 0.05) is 17.8 Å². The van der Waals surface area contributed by atoms with Gasteiger partial charge in [0.2, 0.25) is 0 Å². The van der Waals surface area contributed by atoms with Crippen molar-refractivity contribution in [2.24, 2.45) is 0 Å². The lowest BCUT2D eigenvalue weighted by atomic mass is 10.1. The van der Waals surface area contributed by atoms with Crippen molar-refractivity contribution in [1.82, 2.24) is 16.2 Å². The van der Waals surface area contributed by atoms with Gasteiger partial charge in [-0.1, -0.05) is 36.4 Å². The Hall–Kier alpha value is -3.63. The van der Waals surface area contributed by atoms with E-state index in [2.05, 4.69) is 20.9 Å². The topological polar surface area (TPSA) is 109 Å². The van der Waals surface area contributed by atoms with Gasteiger partial charge in [-0.15, -0.1) is 0 Å². The van der Waals surface area contributed by atoms with Gasteiger partial charge in [0.15, 0.2) is 5.11 Å². The standard InChI is InChI=1S/C23H24N4O4S2/c1-31-20-12-10-19(11-13-20)27-33(29,30)21-9-5-8-18(16-21)22(28)25-26-23(32)24-15-14-17-6-3-2-4-7-17/h2-13,16,27H,14-15H2,1H3,(H,25,28)(H2,24,26,32). The van der Waals surface area contributed by atoms with Gasteiger partial charge < -0.3 is 10.1 Å². The summed E-state index contributed by atoms with van der Waals surface area (Å²) in [5.74, 6) is 0.0836. The number of methoxy groups -OCH3 is 1. The van der Waals surface area contributed by atoms with Gasteiger partial charge in [0.25, 0.3) is 15.9 Å². The number of ether oxygens (including phenoxy) is 1. The zero-order valence-corrected chi connectivity index (χ0v) is 19.5. The first-order chi connectivity index (χ1) is 15.9. The Morgan fingerprint density at radius 1 is 0.939 bits per heavy atom. The zero-order valence-electron chi connectivity index (χ0n) is 17.9. The van der Waals surface area contributed by atoms with E-state index in [1.54, 1.807) is 24.3 Å². The van der Waals surface area contributed by atoms with E-state index in [-0.39, 0.29) is 15.6 Å². The van der Waals surface area contributed by atoms with E-state index >= 15 is 0 Å². The number of rotatable bonds is 8. The lowest BCUT2D eigenvalue weighted by Gasteiger charge is -2.13. The fraction of sp³-hybridized carbons (Fsp3) is 0.130. The SMILES string of the molecule is COc1ccc(NS(=O)(=O)c2cccc(C(=O)NNC(=S)NCCc3ccccc3)c2)cc1. The smallest absolute Gasteiger partial charge is 0.269 e. The third-order valence-corrected chi connectivity index (χ3v) is 6.21. The second-order valence-corrected chi connectivity index (χ2v) is 9.02. The number of carbonyl (C=O) groups is 1. The van der Waals surface area contributed by atoms with E-state index in [4.69, 9.17) is 17.0 Å². The maximum absolute atomic E-state index is 12.7. The summed E-state index contributed by atoms with van der Waals surface area (Å²) in [6.07, 6.45) is 0.776. The van der Waals surface area contributed by atoms with Crippen molar-refractivity contribution in [1.29, 1.82) is 0 Å². The van der Waals surface area contributed by atoms with Crippen molar-refractivity contribution in [2.75, 3.05) is 18.4 Å². The lowest BCUT2D eigenvalue weighted by Crippen LogP contribution is -2.47. The van der Waals surface area contributed by atoms with Crippen LogP contribution in [0.2, 0.25) is 0 Å². The monoisotopic (exact) mass is 484 g/mol. The lowest BCUT2D eigenvalue weighted by molar-refractivity contribution is 0.0943. The minimum absolute atomic E-state index is 0.0467. The normalized spacial score (nSPS) is 10.7. The molecule has 0 aliphatic heterocycles. The van der Waals surface area contributed by atoms with Crippen molar-refractivity contribution >= 4 is 38.9 Å². The molecule has 3 aromatic rings. The van der Waals surface area contributed by atoms with E-state index < -0.39 is 15.9 Å². The van der Waals surface area contributed by atoms with Gasteiger partial charge in [-0.05, 0) is 66.7 Å². The molecular weight excluding hydrogens is 460 g/mol. The van der Waals surface area contributed by atoms with E-state index in [9.17, 15) is 13.2 Å². The summed E-state index contributed by atoms with van der Waals surface area (Å²) in [6.45, 7) is 0.594. The van der Waals surface area contributed by atoms with Crippen LogP contribution in [0.4, 0.5) is 5.69 Å².